The second-order valence-corrected chi connectivity index (χ2v) is 9.51. The fraction of sp³-hybridized carbons (Fsp3) is 0.179. The molecule has 1 N–H and O–H groups in total. The largest absolute Gasteiger partial charge is 0.507 e. The Kier molecular flexibility index (Phi) is 6.89. The average Bonchev–Trinajstić information content (AvgIpc) is 3.09. The minimum Gasteiger partial charge on any atom is -0.507 e. The predicted molar refractivity (Wildman–Crippen MR) is 137 cm³/mol. The SMILES string of the molecule is Cc1cccc(C2/C(=C(\O)c3ccc(Br)cc3)C(=O)C(=O)N2c2ccc(C(=O)OC(C)C)cc2)c1. The van der Waals surface area contributed by atoms with Gasteiger partial charge < -0.3 is 9.84 Å². The Morgan fingerprint density at radius 1 is 0.971 bits per heavy atom. The lowest BCUT2D eigenvalue weighted by Gasteiger charge is -2.26. The highest BCUT2D eigenvalue weighted by molar-refractivity contribution is 9.10. The van der Waals surface area contributed by atoms with Crippen LogP contribution in [0.1, 0.15) is 46.9 Å². The number of benzene rings is 3. The fourth-order valence-electron chi connectivity index (χ4n) is 4.06. The molecular weight excluding hydrogens is 510 g/mol. The van der Waals surface area contributed by atoms with Crippen molar-refractivity contribution in [2.75, 3.05) is 4.90 Å². The van der Waals surface area contributed by atoms with E-state index in [-0.39, 0.29) is 17.4 Å². The van der Waals surface area contributed by atoms with E-state index in [1.807, 2.05) is 31.2 Å². The van der Waals surface area contributed by atoms with Crippen molar-refractivity contribution >= 4 is 45.0 Å². The van der Waals surface area contributed by atoms with Crippen LogP contribution in [-0.2, 0) is 14.3 Å². The van der Waals surface area contributed by atoms with Gasteiger partial charge in [0.25, 0.3) is 11.7 Å². The molecule has 1 unspecified atom stereocenters. The van der Waals surface area contributed by atoms with Crippen molar-refractivity contribution in [3.05, 3.63) is 105 Å². The molecule has 178 valence electrons. The number of halogens is 1. The summed E-state index contributed by atoms with van der Waals surface area (Å²) in [5.41, 5.74) is 2.83. The van der Waals surface area contributed by atoms with Crippen molar-refractivity contribution in [2.45, 2.75) is 32.9 Å². The van der Waals surface area contributed by atoms with Crippen LogP contribution in [0, 0.1) is 6.92 Å². The van der Waals surface area contributed by atoms with Crippen LogP contribution in [0.4, 0.5) is 5.69 Å². The minimum absolute atomic E-state index is 0.00576. The summed E-state index contributed by atoms with van der Waals surface area (Å²) in [7, 11) is 0. The molecule has 3 aromatic carbocycles. The van der Waals surface area contributed by atoms with E-state index < -0.39 is 23.7 Å². The molecule has 6 nitrogen and oxygen atoms in total. The number of anilines is 1. The molecule has 4 rings (SSSR count). The van der Waals surface area contributed by atoms with E-state index in [4.69, 9.17) is 4.74 Å². The van der Waals surface area contributed by atoms with Crippen molar-refractivity contribution in [2.24, 2.45) is 0 Å². The van der Waals surface area contributed by atoms with E-state index in [9.17, 15) is 19.5 Å². The quantitative estimate of drug-likeness (QED) is 0.189. The van der Waals surface area contributed by atoms with Gasteiger partial charge in [-0.2, -0.15) is 0 Å². The van der Waals surface area contributed by atoms with Gasteiger partial charge in [-0.1, -0.05) is 57.9 Å². The predicted octanol–water partition coefficient (Wildman–Crippen LogP) is 5.95. The molecular formula is C28H24BrNO5. The number of rotatable bonds is 5. The molecule has 35 heavy (non-hydrogen) atoms. The van der Waals surface area contributed by atoms with Crippen LogP contribution in [0.5, 0.6) is 0 Å². The van der Waals surface area contributed by atoms with Crippen molar-refractivity contribution in [1.82, 2.24) is 0 Å². The van der Waals surface area contributed by atoms with Gasteiger partial charge in [-0.3, -0.25) is 14.5 Å². The average molecular weight is 534 g/mol. The second kappa shape index (κ2) is 9.88. The first-order valence-electron chi connectivity index (χ1n) is 11.1. The number of aliphatic hydroxyl groups is 1. The number of aryl methyl sites for hydroxylation is 1. The second-order valence-electron chi connectivity index (χ2n) is 8.59. The van der Waals surface area contributed by atoms with Crippen LogP contribution in [0.25, 0.3) is 5.76 Å². The lowest BCUT2D eigenvalue weighted by molar-refractivity contribution is -0.132. The number of ether oxygens (including phenoxy) is 1. The van der Waals surface area contributed by atoms with Crippen molar-refractivity contribution in [3.63, 3.8) is 0 Å². The monoisotopic (exact) mass is 533 g/mol. The van der Waals surface area contributed by atoms with Crippen LogP contribution in [0.2, 0.25) is 0 Å². The molecule has 7 heteroatoms. The zero-order chi connectivity index (χ0) is 25.3. The van der Waals surface area contributed by atoms with Gasteiger partial charge in [-0.25, -0.2) is 4.79 Å². The first kappa shape index (κ1) is 24.4. The van der Waals surface area contributed by atoms with E-state index in [1.54, 1.807) is 62.4 Å². The Balaban J connectivity index is 1.84. The molecule has 0 saturated carbocycles. The number of aliphatic hydroxyl groups excluding tert-OH is 1. The number of nitrogens with zero attached hydrogens (tertiary/aromatic N) is 1. The molecule has 0 bridgehead atoms. The highest BCUT2D eigenvalue weighted by atomic mass is 79.9. The van der Waals surface area contributed by atoms with Gasteiger partial charge in [0.15, 0.2) is 0 Å². The van der Waals surface area contributed by atoms with Crippen molar-refractivity contribution < 1.29 is 24.2 Å². The van der Waals surface area contributed by atoms with E-state index in [2.05, 4.69) is 15.9 Å². The van der Waals surface area contributed by atoms with Crippen molar-refractivity contribution in [1.29, 1.82) is 0 Å². The van der Waals surface area contributed by atoms with E-state index in [1.165, 1.54) is 4.90 Å². The minimum atomic E-state index is -0.841. The van der Waals surface area contributed by atoms with Gasteiger partial charge in [-0.05, 0) is 62.7 Å². The molecule has 1 aliphatic heterocycles. The summed E-state index contributed by atoms with van der Waals surface area (Å²) >= 11 is 3.37. The third kappa shape index (κ3) is 4.91. The van der Waals surface area contributed by atoms with E-state index >= 15 is 0 Å². The first-order chi connectivity index (χ1) is 16.7. The molecule has 0 aliphatic carbocycles. The summed E-state index contributed by atoms with van der Waals surface area (Å²) in [4.78, 5) is 40.1. The maximum absolute atomic E-state index is 13.3. The number of esters is 1. The summed E-state index contributed by atoms with van der Waals surface area (Å²) in [6, 6.07) is 19.8. The molecule has 1 saturated heterocycles. The standard InChI is InChI=1S/C28H24BrNO5/c1-16(2)35-28(34)19-9-13-22(14-10-19)30-24(20-6-4-5-17(3)15-20)23(26(32)27(30)33)25(31)18-7-11-21(29)12-8-18/h4-16,24,31H,1-3H3/b25-23+. The smallest absolute Gasteiger partial charge is 0.338 e. The number of amides is 1. The first-order valence-corrected chi connectivity index (χ1v) is 11.9. The Bertz CT molecular complexity index is 1330. The Hall–Kier alpha value is -3.71. The number of Topliss-reactive ketones (excluding diaryl/α,β-unsaturated/α-hetero) is 1. The maximum atomic E-state index is 13.3. The number of carbonyl (C=O) groups is 3. The normalized spacial score (nSPS) is 17.2. The summed E-state index contributed by atoms with van der Waals surface area (Å²) in [5, 5.41) is 11.2. The fourth-order valence-corrected chi connectivity index (χ4v) is 4.32. The molecule has 1 amide bonds. The van der Waals surface area contributed by atoms with Crippen LogP contribution in [0.3, 0.4) is 0 Å². The molecule has 1 fully saturated rings. The van der Waals surface area contributed by atoms with Crippen LogP contribution >= 0.6 is 15.9 Å². The Morgan fingerprint density at radius 3 is 2.20 bits per heavy atom. The zero-order valence-electron chi connectivity index (χ0n) is 19.5. The number of ketones is 1. The number of carbonyl (C=O) groups excluding carboxylic acids is 3. The lowest BCUT2D eigenvalue weighted by atomic mass is 9.94. The molecule has 0 spiro atoms. The Morgan fingerprint density at radius 2 is 1.60 bits per heavy atom. The summed E-state index contributed by atoms with van der Waals surface area (Å²) in [5.74, 6) is -2.26. The number of hydrogen-bond acceptors (Lipinski definition) is 5. The summed E-state index contributed by atoms with van der Waals surface area (Å²) in [6.07, 6.45) is -0.264. The number of hydrogen-bond donors (Lipinski definition) is 1. The zero-order valence-corrected chi connectivity index (χ0v) is 21.1. The van der Waals surface area contributed by atoms with Crippen LogP contribution < -0.4 is 4.90 Å². The molecule has 1 atom stereocenters. The van der Waals surface area contributed by atoms with E-state index in [0.29, 0.717) is 22.4 Å². The molecule has 1 aliphatic rings. The lowest BCUT2D eigenvalue weighted by Crippen LogP contribution is -2.29. The van der Waals surface area contributed by atoms with Gasteiger partial charge in [0.05, 0.1) is 23.3 Å². The van der Waals surface area contributed by atoms with E-state index in [0.717, 1.165) is 10.0 Å². The van der Waals surface area contributed by atoms with Gasteiger partial charge >= 0.3 is 5.97 Å². The highest BCUT2D eigenvalue weighted by Crippen LogP contribution is 2.42. The van der Waals surface area contributed by atoms with Crippen molar-refractivity contribution in [3.8, 4) is 0 Å². The molecule has 3 aromatic rings. The third-order valence-corrected chi connectivity index (χ3v) is 6.17. The maximum Gasteiger partial charge on any atom is 0.338 e. The topological polar surface area (TPSA) is 83.9 Å². The molecule has 1 heterocycles. The highest BCUT2D eigenvalue weighted by Gasteiger charge is 2.47. The van der Waals surface area contributed by atoms with Crippen LogP contribution in [0.15, 0.2) is 82.8 Å². The molecule has 0 aromatic heterocycles. The van der Waals surface area contributed by atoms with Gasteiger partial charge in [-0.15, -0.1) is 0 Å². The summed E-state index contributed by atoms with van der Waals surface area (Å²) in [6.45, 7) is 5.44. The summed E-state index contributed by atoms with van der Waals surface area (Å²) < 4.78 is 6.05. The molecule has 0 radical (unpaired) electrons. The third-order valence-electron chi connectivity index (χ3n) is 5.64. The van der Waals surface area contributed by atoms with Gasteiger partial charge in [0.1, 0.15) is 5.76 Å². The van der Waals surface area contributed by atoms with Crippen LogP contribution in [-0.4, -0.2) is 28.9 Å². The Labute approximate surface area is 212 Å². The van der Waals surface area contributed by atoms with Gasteiger partial charge in [0.2, 0.25) is 0 Å². The van der Waals surface area contributed by atoms with Gasteiger partial charge in [0, 0.05) is 15.7 Å².